The molecule has 2 aromatic rings. The lowest BCUT2D eigenvalue weighted by atomic mass is 10.1. The third-order valence-electron chi connectivity index (χ3n) is 2.93. The van der Waals surface area contributed by atoms with Crippen LogP contribution in [0.15, 0.2) is 42.5 Å². The molecule has 0 aliphatic heterocycles. The average molecular weight is 332 g/mol. The first-order valence-corrected chi connectivity index (χ1v) is 6.55. The van der Waals surface area contributed by atoms with E-state index in [4.69, 9.17) is 11.6 Å². The smallest absolute Gasteiger partial charge is 0.348 e. The van der Waals surface area contributed by atoms with Gasteiger partial charge in [-0.1, -0.05) is 23.7 Å². The predicted octanol–water partition coefficient (Wildman–Crippen LogP) is 4.43. The fourth-order valence-corrected chi connectivity index (χ4v) is 2.12. The Morgan fingerprint density at radius 2 is 1.82 bits per heavy atom. The molecule has 0 bridgehead atoms. The van der Waals surface area contributed by atoms with Gasteiger partial charge in [0.1, 0.15) is 5.82 Å². The van der Waals surface area contributed by atoms with Crippen molar-refractivity contribution in [2.24, 2.45) is 0 Å². The number of amides is 1. The second kappa shape index (κ2) is 6.36. The molecule has 0 aliphatic rings. The number of halogens is 5. The highest BCUT2D eigenvalue weighted by atomic mass is 35.5. The zero-order chi connectivity index (χ0) is 16.3. The average Bonchev–Trinajstić information content (AvgIpc) is 2.44. The van der Waals surface area contributed by atoms with E-state index in [1.54, 1.807) is 12.1 Å². The second-order valence-corrected chi connectivity index (χ2v) is 4.87. The molecule has 0 heterocycles. The van der Waals surface area contributed by atoms with E-state index in [2.05, 4.69) is 5.32 Å². The van der Waals surface area contributed by atoms with Crippen LogP contribution in [0.1, 0.15) is 21.5 Å². The second-order valence-electron chi connectivity index (χ2n) is 4.46. The summed E-state index contributed by atoms with van der Waals surface area (Å²) in [6.45, 7) is -0.462. The van der Waals surface area contributed by atoms with Crippen molar-refractivity contribution in [1.82, 2.24) is 5.32 Å². The van der Waals surface area contributed by atoms with E-state index in [0.717, 1.165) is 12.1 Å². The van der Waals surface area contributed by atoms with E-state index in [-0.39, 0.29) is 16.1 Å². The Morgan fingerprint density at radius 1 is 1.14 bits per heavy atom. The fraction of sp³-hybridized carbons (Fsp3) is 0.133. The van der Waals surface area contributed by atoms with Crippen LogP contribution in [-0.2, 0) is 12.7 Å². The minimum atomic E-state index is -4.63. The Morgan fingerprint density at radius 3 is 2.45 bits per heavy atom. The van der Waals surface area contributed by atoms with Gasteiger partial charge in [-0.05, 0) is 35.9 Å². The van der Waals surface area contributed by atoms with E-state index < -0.39 is 30.0 Å². The molecule has 0 saturated carbocycles. The maximum absolute atomic E-state index is 13.1. The molecular formula is C15H10ClF4NO. The van der Waals surface area contributed by atoms with Crippen LogP contribution in [0.3, 0.4) is 0 Å². The van der Waals surface area contributed by atoms with E-state index in [1.807, 2.05) is 0 Å². The highest BCUT2D eigenvalue weighted by Gasteiger charge is 2.33. The number of carbonyl (C=O) groups is 1. The standard InChI is InChI=1S/C15H10ClF4NO/c16-13-4-2-1-3-11(13)14(22)21-8-9-7-10(17)5-6-12(9)15(18,19)20/h1-7H,8H2,(H,21,22). The number of rotatable bonds is 3. The Balaban J connectivity index is 2.20. The normalized spacial score (nSPS) is 11.3. The summed E-state index contributed by atoms with van der Waals surface area (Å²) >= 11 is 5.83. The summed E-state index contributed by atoms with van der Waals surface area (Å²) in [6.07, 6.45) is -4.63. The van der Waals surface area contributed by atoms with Gasteiger partial charge in [-0.2, -0.15) is 13.2 Å². The molecule has 116 valence electrons. The molecule has 2 rings (SSSR count). The fourth-order valence-electron chi connectivity index (χ4n) is 1.90. The van der Waals surface area contributed by atoms with Gasteiger partial charge in [0.2, 0.25) is 0 Å². The van der Waals surface area contributed by atoms with Crippen molar-refractivity contribution in [3.8, 4) is 0 Å². The van der Waals surface area contributed by atoms with Crippen LogP contribution < -0.4 is 5.32 Å². The van der Waals surface area contributed by atoms with Crippen LogP contribution in [0, 0.1) is 5.82 Å². The Hall–Kier alpha value is -2.08. The minimum Gasteiger partial charge on any atom is -0.348 e. The Labute approximate surface area is 128 Å². The summed E-state index contributed by atoms with van der Waals surface area (Å²) in [5, 5.41) is 2.48. The molecule has 7 heteroatoms. The lowest BCUT2D eigenvalue weighted by Crippen LogP contribution is -2.25. The third kappa shape index (κ3) is 3.76. The number of alkyl halides is 3. The van der Waals surface area contributed by atoms with Crippen LogP contribution in [0.2, 0.25) is 5.02 Å². The van der Waals surface area contributed by atoms with Crippen molar-refractivity contribution in [2.75, 3.05) is 0 Å². The van der Waals surface area contributed by atoms with Gasteiger partial charge < -0.3 is 5.32 Å². The summed E-state index contributed by atoms with van der Waals surface area (Å²) in [5.41, 5.74) is -1.21. The lowest BCUT2D eigenvalue weighted by molar-refractivity contribution is -0.138. The molecule has 0 aliphatic carbocycles. The van der Waals surface area contributed by atoms with Crippen LogP contribution in [-0.4, -0.2) is 5.91 Å². The molecular weight excluding hydrogens is 322 g/mol. The first kappa shape index (κ1) is 16.3. The van der Waals surface area contributed by atoms with Gasteiger partial charge in [-0.15, -0.1) is 0 Å². The van der Waals surface area contributed by atoms with Gasteiger partial charge in [-0.25, -0.2) is 4.39 Å². The Bertz CT molecular complexity index is 700. The lowest BCUT2D eigenvalue weighted by Gasteiger charge is -2.14. The van der Waals surface area contributed by atoms with Crippen molar-refractivity contribution in [3.63, 3.8) is 0 Å². The first-order valence-electron chi connectivity index (χ1n) is 6.17. The van der Waals surface area contributed by atoms with E-state index in [0.29, 0.717) is 6.07 Å². The summed E-state index contributed by atoms with van der Waals surface area (Å²) in [4.78, 5) is 11.9. The predicted molar refractivity (Wildman–Crippen MR) is 74.0 cm³/mol. The molecule has 0 fully saturated rings. The molecule has 1 N–H and O–H groups in total. The highest BCUT2D eigenvalue weighted by molar-refractivity contribution is 6.33. The number of hydrogen-bond acceptors (Lipinski definition) is 1. The number of hydrogen-bond donors (Lipinski definition) is 1. The molecule has 1 amide bonds. The van der Waals surface area contributed by atoms with Gasteiger partial charge in [0.25, 0.3) is 5.91 Å². The molecule has 22 heavy (non-hydrogen) atoms. The van der Waals surface area contributed by atoms with Crippen molar-refractivity contribution in [3.05, 3.63) is 70.0 Å². The summed E-state index contributed by atoms with van der Waals surface area (Å²) < 4.78 is 51.7. The number of carbonyl (C=O) groups excluding carboxylic acids is 1. The monoisotopic (exact) mass is 331 g/mol. The molecule has 0 atom stereocenters. The largest absolute Gasteiger partial charge is 0.416 e. The van der Waals surface area contributed by atoms with Gasteiger partial charge in [-0.3, -0.25) is 4.79 Å². The molecule has 0 aromatic heterocycles. The van der Waals surface area contributed by atoms with Crippen LogP contribution in [0.4, 0.5) is 17.6 Å². The topological polar surface area (TPSA) is 29.1 Å². The van der Waals surface area contributed by atoms with Gasteiger partial charge in [0, 0.05) is 6.54 Å². The molecule has 2 aromatic carbocycles. The van der Waals surface area contributed by atoms with E-state index in [1.165, 1.54) is 12.1 Å². The third-order valence-corrected chi connectivity index (χ3v) is 3.26. The maximum atomic E-state index is 13.1. The molecule has 0 unspecified atom stereocenters. The molecule has 0 spiro atoms. The van der Waals surface area contributed by atoms with Crippen molar-refractivity contribution < 1.29 is 22.4 Å². The van der Waals surface area contributed by atoms with Crippen LogP contribution in [0.5, 0.6) is 0 Å². The molecule has 0 radical (unpaired) electrons. The maximum Gasteiger partial charge on any atom is 0.416 e. The minimum absolute atomic E-state index is 0.133. The zero-order valence-electron chi connectivity index (χ0n) is 11.0. The van der Waals surface area contributed by atoms with Crippen molar-refractivity contribution >= 4 is 17.5 Å². The van der Waals surface area contributed by atoms with E-state index in [9.17, 15) is 22.4 Å². The summed E-state index contributed by atoms with van der Waals surface area (Å²) in [6, 6.07) is 8.23. The number of benzene rings is 2. The van der Waals surface area contributed by atoms with Crippen molar-refractivity contribution in [1.29, 1.82) is 0 Å². The molecule has 0 saturated heterocycles. The summed E-state index contributed by atoms with van der Waals surface area (Å²) in [7, 11) is 0. The SMILES string of the molecule is O=C(NCc1cc(F)ccc1C(F)(F)F)c1ccccc1Cl. The van der Waals surface area contributed by atoms with Crippen LogP contribution in [0.25, 0.3) is 0 Å². The highest BCUT2D eigenvalue weighted by Crippen LogP contribution is 2.32. The zero-order valence-corrected chi connectivity index (χ0v) is 11.8. The number of nitrogens with one attached hydrogen (secondary N) is 1. The Kier molecular flexibility index (Phi) is 4.71. The first-order chi connectivity index (χ1) is 10.3. The quantitative estimate of drug-likeness (QED) is 0.828. The van der Waals surface area contributed by atoms with Gasteiger partial charge >= 0.3 is 6.18 Å². The van der Waals surface area contributed by atoms with E-state index >= 15 is 0 Å². The summed E-state index contributed by atoms with van der Waals surface area (Å²) in [5.74, 6) is -1.45. The van der Waals surface area contributed by atoms with Crippen LogP contribution >= 0.6 is 11.6 Å². The van der Waals surface area contributed by atoms with Crippen molar-refractivity contribution in [2.45, 2.75) is 12.7 Å². The van der Waals surface area contributed by atoms with Gasteiger partial charge in [0.05, 0.1) is 16.1 Å². The molecule has 2 nitrogen and oxygen atoms in total. The van der Waals surface area contributed by atoms with Gasteiger partial charge in [0.15, 0.2) is 0 Å².